The van der Waals surface area contributed by atoms with Gasteiger partial charge in [-0.05, 0) is 57.0 Å². The molecule has 0 saturated carbocycles. The summed E-state index contributed by atoms with van der Waals surface area (Å²) in [5.41, 5.74) is 1.35. The van der Waals surface area contributed by atoms with E-state index in [0.717, 1.165) is 17.5 Å². The molecule has 2 rings (SSSR count). The molecule has 1 N–H and O–H groups in total. The van der Waals surface area contributed by atoms with Crippen molar-refractivity contribution in [3.8, 4) is 0 Å². The van der Waals surface area contributed by atoms with Crippen molar-refractivity contribution in [2.24, 2.45) is 5.92 Å². The van der Waals surface area contributed by atoms with Crippen molar-refractivity contribution in [1.29, 1.82) is 0 Å². The third kappa shape index (κ3) is 3.98. The van der Waals surface area contributed by atoms with E-state index in [1.807, 2.05) is 12.1 Å². The van der Waals surface area contributed by atoms with Gasteiger partial charge in [-0.2, -0.15) is 0 Å². The van der Waals surface area contributed by atoms with Crippen LogP contribution in [-0.4, -0.2) is 30.6 Å². The zero-order valence-corrected chi connectivity index (χ0v) is 12.1. The molecule has 1 saturated heterocycles. The molecule has 1 fully saturated rings. The van der Waals surface area contributed by atoms with Crippen LogP contribution in [0.25, 0.3) is 0 Å². The van der Waals surface area contributed by atoms with E-state index in [1.54, 1.807) is 0 Å². The van der Waals surface area contributed by atoms with Crippen molar-refractivity contribution in [1.82, 2.24) is 10.2 Å². The van der Waals surface area contributed by atoms with Gasteiger partial charge in [0.2, 0.25) is 0 Å². The van der Waals surface area contributed by atoms with Crippen LogP contribution in [0.4, 0.5) is 0 Å². The summed E-state index contributed by atoms with van der Waals surface area (Å²) >= 11 is 5.93. The molecule has 1 aromatic rings. The predicted octanol–water partition coefficient (Wildman–Crippen LogP) is 3.16. The SMILES string of the molecule is CC(C)N(Cc1ccc(Cl)cc1)C[C@H]1CCNC1. The highest BCUT2D eigenvalue weighted by atomic mass is 35.5. The van der Waals surface area contributed by atoms with E-state index in [9.17, 15) is 0 Å². The lowest BCUT2D eigenvalue weighted by molar-refractivity contribution is 0.184. The van der Waals surface area contributed by atoms with Gasteiger partial charge in [0.05, 0.1) is 0 Å². The van der Waals surface area contributed by atoms with Gasteiger partial charge in [-0.15, -0.1) is 0 Å². The second-order valence-electron chi connectivity index (χ2n) is 5.51. The van der Waals surface area contributed by atoms with Crippen molar-refractivity contribution in [3.05, 3.63) is 34.9 Å². The maximum Gasteiger partial charge on any atom is 0.0406 e. The zero-order chi connectivity index (χ0) is 13.0. The van der Waals surface area contributed by atoms with Crippen LogP contribution < -0.4 is 5.32 Å². The second-order valence-corrected chi connectivity index (χ2v) is 5.94. The smallest absolute Gasteiger partial charge is 0.0406 e. The van der Waals surface area contributed by atoms with Crippen LogP contribution in [0.5, 0.6) is 0 Å². The maximum atomic E-state index is 5.93. The van der Waals surface area contributed by atoms with Gasteiger partial charge in [0.1, 0.15) is 0 Å². The van der Waals surface area contributed by atoms with Gasteiger partial charge in [-0.3, -0.25) is 4.90 Å². The van der Waals surface area contributed by atoms with Gasteiger partial charge in [0.25, 0.3) is 0 Å². The Morgan fingerprint density at radius 2 is 2.06 bits per heavy atom. The molecule has 0 spiro atoms. The second kappa shape index (κ2) is 6.55. The Hall–Kier alpha value is -0.570. The number of nitrogens with one attached hydrogen (secondary N) is 1. The van der Waals surface area contributed by atoms with Crippen LogP contribution in [0.1, 0.15) is 25.8 Å². The number of nitrogens with zero attached hydrogens (tertiary/aromatic N) is 1. The van der Waals surface area contributed by atoms with Gasteiger partial charge in [-0.25, -0.2) is 0 Å². The van der Waals surface area contributed by atoms with Crippen LogP contribution in [0, 0.1) is 5.92 Å². The Kier molecular flexibility index (Phi) is 5.04. The van der Waals surface area contributed by atoms with Crippen LogP contribution in [-0.2, 0) is 6.54 Å². The van der Waals surface area contributed by atoms with E-state index in [0.29, 0.717) is 6.04 Å². The Morgan fingerprint density at radius 3 is 2.61 bits per heavy atom. The lowest BCUT2D eigenvalue weighted by atomic mass is 10.1. The summed E-state index contributed by atoms with van der Waals surface area (Å²) in [4.78, 5) is 2.56. The van der Waals surface area contributed by atoms with Gasteiger partial charge >= 0.3 is 0 Å². The molecule has 3 heteroatoms. The molecule has 0 radical (unpaired) electrons. The molecular weight excluding hydrogens is 244 g/mol. The zero-order valence-electron chi connectivity index (χ0n) is 11.3. The minimum absolute atomic E-state index is 0.585. The molecule has 0 unspecified atom stereocenters. The van der Waals surface area contributed by atoms with Gasteiger partial charge in [0, 0.05) is 24.2 Å². The first-order chi connectivity index (χ1) is 8.65. The maximum absolute atomic E-state index is 5.93. The first-order valence-corrected chi connectivity index (χ1v) is 7.22. The molecule has 0 aromatic heterocycles. The summed E-state index contributed by atoms with van der Waals surface area (Å²) in [6, 6.07) is 8.80. The summed E-state index contributed by atoms with van der Waals surface area (Å²) in [6.07, 6.45) is 1.31. The molecule has 1 aromatic carbocycles. The van der Waals surface area contributed by atoms with E-state index in [-0.39, 0.29) is 0 Å². The highest BCUT2D eigenvalue weighted by molar-refractivity contribution is 6.30. The van der Waals surface area contributed by atoms with Crippen LogP contribution in [0.15, 0.2) is 24.3 Å². The molecule has 0 aliphatic carbocycles. The highest BCUT2D eigenvalue weighted by Gasteiger charge is 2.19. The molecule has 1 aliphatic heterocycles. The van der Waals surface area contributed by atoms with E-state index >= 15 is 0 Å². The third-order valence-electron chi connectivity index (χ3n) is 3.68. The van der Waals surface area contributed by atoms with Crippen molar-refractivity contribution < 1.29 is 0 Å². The standard InChI is InChI=1S/C15H23ClN2/c1-12(2)18(11-14-7-8-17-9-14)10-13-3-5-15(16)6-4-13/h3-6,12,14,17H,7-11H2,1-2H3/t14-/m0/s1. The van der Waals surface area contributed by atoms with E-state index in [1.165, 1.54) is 31.6 Å². The van der Waals surface area contributed by atoms with Crippen molar-refractivity contribution in [2.75, 3.05) is 19.6 Å². The molecule has 2 nitrogen and oxygen atoms in total. The first-order valence-electron chi connectivity index (χ1n) is 6.84. The third-order valence-corrected chi connectivity index (χ3v) is 3.94. The van der Waals surface area contributed by atoms with Gasteiger partial charge < -0.3 is 5.32 Å². The van der Waals surface area contributed by atoms with Crippen LogP contribution in [0.3, 0.4) is 0 Å². The summed E-state index contributed by atoms with van der Waals surface area (Å²) in [6.45, 7) is 9.11. The Bertz CT molecular complexity index is 355. The summed E-state index contributed by atoms with van der Waals surface area (Å²) in [5.74, 6) is 0.805. The summed E-state index contributed by atoms with van der Waals surface area (Å²) in [5, 5.41) is 4.26. The lowest BCUT2D eigenvalue weighted by Crippen LogP contribution is -2.35. The molecule has 18 heavy (non-hydrogen) atoms. The average Bonchev–Trinajstić information content (AvgIpc) is 2.84. The van der Waals surface area contributed by atoms with Gasteiger partial charge in [-0.1, -0.05) is 23.7 Å². The number of rotatable bonds is 5. The largest absolute Gasteiger partial charge is 0.316 e. The van der Waals surface area contributed by atoms with Crippen molar-refractivity contribution in [2.45, 2.75) is 32.9 Å². The number of halogens is 1. The van der Waals surface area contributed by atoms with Crippen molar-refractivity contribution >= 4 is 11.6 Å². The van der Waals surface area contributed by atoms with Crippen LogP contribution >= 0.6 is 11.6 Å². The fraction of sp³-hybridized carbons (Fsp3) is 0.600. The molecule has 1 aliphatic rings. The predicted molar refractivity (Wildman–Crippen MR) is 78.0 cm³/mol. The number of benzene rings is 1. The highest BCUT2D eigenvalue weighted by Crippen LogP contribution is 2.16. The van der Waals surface area contributed by atoms with Crippen molar-refractivity contribution in [3.63, 3.8) is 0 Å². The molecule has 100 valence electrons. The fourth-order valence-electron chi connectivity index (χ4n) is 2.48. The quantitative estimate of drug-likeness (QED) is 0.881. The Balaban J connectivity index is 1.94. The minimum atomic E-state index is 0.585. The Morgan fingerprint density at radius 1 is 1.33 bits per heavy atom. The lowest BCUT2D eigenvalue weighted by Gasteiger charge is -2.29. The number of hydrogen-bond donors (Lipinski definition) is 1. The summed E-state index contributed by atoms with van der Waals surface area (Å²) in [7, 11) is 0. The summed E-state index contributed by atoms with van der Waals surface area (Å²) < 4.78 is 0. The molecule has 1 heterocycles. The van der Waals surface area contributed by atoms with Crippen LogP contribution in [0.2, 0.25) is 5.02 Å². The molecule has 1 atom stereocenters. The Labute approximate surface area is 115 Å². The number of hydrogen-bond acceptors (Lipinski definition) is 2. The molecule has 0 bridgehead atoms. The normalized spacial score (nSPS) is 19.9. The average molecular weight is 267 g/mol. The molecule has 0 amide bonds. The minimum Gasteiger partial charge on any atom is -0.316 e. The van der Waals surface area contributed by atoms with E-state index < -0.39 is 0 Å². The molecular formula is C15H23ClN2. The van der Waals surface area contributed by atoms with E-state index in [4.69, 9.17) is 11.6 Å². The topological polar surface area (TPSA) is 15.3 Å². The van der Waals surface area contributed by atoms with Gasteiger partial charge in [0.15, 0.2) is 0 Å². The fourth-order valence-corrected chi connectivity index (χ4v) is 2.61. The van der Waals surface area contributed by atoms with E-state index in [2.05, 4.69) is 36.2 Å². The monoisotopic (exact) mass is 266 g/mol. The first kappa shape index (κ1) is 13.9.